The summed E-state index contributed by atoms with van der Waals surface area (Å²) in [5, 5.41) is 11.4. The van der Waals surface area contributed by atoms with Gasteiger partial charge in [-0.3, -0.25) is 9.79 Å². The predicted molar refractivity (Wildman–Crippen MR) is 110 cm³/mol. The van der Waals surface area contributed by atoms with Crippen LogP contribution in [-0.2, 0) is 17.6 Å². The monoisotopic (exact) mass is 390 g/mol. The van der Waals surface area contributed by atoms with Gasteiger partial charge in [-0.05, 0) is 41.5 Å². The van der Waals surface area contributed by atoms with E-state index in [-0.39, 0.29) is 18.1 Å². The van der Waals surface area contributed by atoms with Gasteiger partial charge in [0.2, 0.25) is 5.91 Å². The quantitative estimate of drug-likeness (QED) is 0.350. The van der Waals surface area contributed by atoms with Crippen molar-refractivity contribution in [2.75, 3.05) is 26.7 Å². The molecule has 3 N–H and O–H groups in total. The normalized spacial score (nSPS) is 12.5. The summed E-state index contributed by atoms with van der Waals surface area (Å²) in [6.07, 6.45) is 1.21. The van der Waals surface area contributed by atoms with E-state index >= 15 is 0 Å². The molecular weight excluding hydrogens is 363 g/mol. The van der Waals surface area contributed by atoms with Crippen LogP contribution in [0.15, 0.2) is 46.8 Å². The SMILES string of the molecule is CN=C(NCCNC(=O)Cc1cccc(F)c1)NCC(C)Cc1cccs1. The summed E-state index contributed by atoms with van der Waals surface area (Å²) in [6, 6.07) is 10.3. The molecule has 0 aliphatic carbocycles. The first kappa shape index (κ1) is 20.9. The number of rotatable bonds is 9. The lowest BCUT2D eigenvalue weighted by molar-refractivity contribution is -0.120. The van der Waals surface area contributed by atoms with E-state index in [0.717, 1.165) is 13.0 Å². The van der Waals surface area contributed by atoms with Gasteiger partial charge in [-0.1, -0.05) is 25.1 Å². The summed E-state index contributed by atoms with van der Waals surface area (Å²) in [5.74, 6) is 0.751. The molecule has 0 aliphatic heterocycles. The summed E-state index contributed by atoms with van der Waals surface area (Å²) < 4.78 is 13.1. The van der Waals surface area contributed by atoms with Gasteiger partial charge in [0.1, 0.15) is 5.82 Å². The number of aliphatic imine (C=N–C) groups is 1. The Hall–Kier alpha value is -2.41. The van der Waals surface area contributed by atoms with E-state index in [1.807, 2.05) is 0 Å². The molecule has 0 bridgehead atoms. The maximum Gasteiger partial charge on any atom is 0.224 e. The van der Waals surface area contributed by atoms with Crippen LogP contribution in [-0.4, -0.2) is 38.5 Å². The van der Waals surface area contributed by atoms with Gasteiger partial charge < -0.3 is 16.0 Å². The molecule has 0 fully saturated rings. The zero-order valence-corrected chi connectivity index (χ0v) is 16.6. The molecular formula is C20H27FN4OS. The number of benzene rings is 1. The molecule has 0 saturated heterocycles. The molecule has 1 unspecified atom stereocenters. The zero-order chi connectivity index (χ0) is 19.5. The van der Waals surface area contributed by atoms with Gasteiger partial charge in [0.05, 0.1) is 6.42 Å². The Bertz CT molecular complexity index is 733. The minimum atomic E-state index is -0.329. The van der Waals surface area contributed by atoms with Crippen LogP contribution in [0.4, 0.5) is 4.39 Å². The van der Waals surface area contributed by atoms with Gasteiger partial charge >= 0.3 is 0 Å². The number of nitrogens with zero attached hydrogens (tertiary/aromatic N) is 1. The number of carbonyl (C=O) groups excluding carboxylic acids is 1. The molecule has 0 aliphatic rings. The number of nitrogens with one attached hydrogen (secondary N) is 3. The molecule has 2 rings (SSSR count). The molecule has 1 amide bonds. The first-order valence-corrected chi connectivity index (χ1v) is 9.93. The van der Waals surface area contributed by atoms with E-state index in [1.54, 1.807) is 30.5 Å². The topological polar surface area (TPSA) is 65.5 Å². The lowest BCUT2D eigenvalue weighted by Crippen LogP contribution is -2.43. The Kier molecular flexibility index (Phi) is 8.77. The minimum absolute atomic E-state index is 0.130. The Morgan fingerprint density at radius 2 is 2.00 bits per heavy atom. The maximum atomic E-state index is 13.1. The number of halogens is 1. The minimum Gasteiger partial charge on any atom is -0.356 e. The highest BCUT2D eigenvalue weighted by molar-refractivity contribution is 7.09. The van der Waals surface area contributed by atoms with Gasteiger partial charge in [-0.15, -0.1) is 11.3 Å². The van der Waals surface area contributed by atoms with Crippen LogP contribution in [0.5, 0.6) is 0 Å². The Morgan fingerprint density at radius 1 is 1.19 bits per heavy atom. The van der Waals surface area contributed by atoms with Crippen molar-refractivity contribution in [2.45, 2.75) is 19.8 Å². The van der Waals surface area contributed by atoms with E-state index in [9.17, 15) is 9.18 Å². The van der Waals surface area contributed by atoms with Crippen LogP contribution in [0.1, 0.15) is 17.4 Å². The summed E-state index contributed by atoms with van der Waals surface area (Å²) in [7, 11) is 1.72. The third-order valence-electron chi connectivity index (χ3n) is 3.96. The zero-order valence-electron chi connectivity index (χ0n) is 15.8. The predicted octanol–water partition coefficient (Wildman–Crippen LogP) is 2.59. The number of thiophene rings is 1. The van der Waals surface area contributed by atoms with Gasteiger partial charge in [-0.25, -0.2) is 4.39 Å². The molecule has 1 aromatic carbocycles. The van der Waals surface area contributed by atoms with Gasteiger partial charge in [-0.2, -0.15) is 0 Å². The first-order valence-electron chi connectivity index (χ1n) is 9.05. The van der Waals surface area contributed by atoms with Gasteiger partial charge in [0, 0.05) is 31.6 Å². The van der Waals surface area contributed by atoms with Crippen LogP contribution in [0.3, 0.4) is 0 Å². The molecule has 1 heterocycles. The Morgan fingerprint density at radius 3 is 2.70 bits per heavy atom. The molecule has 2 aromatic rings. The third kappa shape index (κ3) is 8.21. The molecule has 0 radical (unpaired) electrons. The number of hydrogen-bond donors (Lipinski definition) is 3. The molecule has 1 aromatic heterocycles. The second-order valence-corrected chi connectivity index (χ2v) is 7.46. The average molecular weight is 391 g/mol. The van der Waals surface area contributed by atoms with Crippen molar-refractivity contribution >= 4 is 23.2 Å². The summed E-state index contributed by atoms with van der Waals surface area (Å²) in [4.78, 5) is 17.5. The fourth-order valence-corrected chi connectivity index (χ4v) is 3.48. The van der Waals surface area contributed by atoms with E-state index in [2.05, 4.69) is 45.4 Å². The largest absolute Gasteiger partial charge is 0.356 e. The van der Waals surface area contributed by atoms with Crippen LogP contribution in [0, 0.1) is 11.7 Å². The van der Waals surface area contributed by atoms with Crippen LogP contribution in [0.2, 0.25) is 0 Å². The van der Waals surface area contributed by atoms with E-state index in [1.165, 1.54) is 17.0 Å². The van der Waals surface area contributed by atoms with Gasteiger partial charge in [0.25, 0.3) is 0 Å². The second kappa shape index (κ2) is 11.3. The lowest BCUT2D eigenvalue weighted by Gasteiger charge is -2.16. The van der Waals surface area contributed by atoms with Crippen molar-refractivity contribution in [3.8, 4) is 0 Å². The van der Waals surface area contributed by atoms with Crippen molar-refractivity contribution in [3.05, 3.63) is 58.0 Å². The number of amides is 1. The van der Waals surface area contributed by atoms with Crippen molar-refractivity contribution < 1.29 is 9.18 Å². The highest BCUT2D eigenvalue weighted by atomic mass is 32.1. The summed E-state index contributed by atoms with van der Waals surface area (Å²) in [6.45, 7) is 4.06. The summed E-state index contributed by atoms with van der Waals surface area (Å²) >= 11 is 1.78. The second-order valence-electron chi connectivity index (χ2n) is 6.43. The maximum absolute atomic E-state index is 13.1. The van der Waals surface area contributed by atoms with E-state index in [0.29, 0.717) is 30.5 Å². The smallest absolute Gasteiger partial charge is 0.224 e. The van der Waals surface area contributed by atoms with E-state index < -0.39 is 0 Å². The van der Waals surface area contributed by atoms with Crippen molar-refractivity contribution in [3.63, 3.8) is 0 Å². The van der Waals surface area contributed by atoms with Gasteiger partial charge in [0.15, 0.2) is 5.96 Å². The fraction of sp³-hybridized carbons (Fsp3) is 0.400. The number of hydrogen-bond acceptors (Lipinski definition) is 3. The molecule has 5 nitrogen and oxygen atoms in total. The fourth-order valence-electron chi connectivity index (χ4n) is 2.61. The number of guanidine groups is 1. The van der Waals surface area contributed by atoms with Crippen molar-refractivity contribution in [2.24, 2.45) is 10.9 Å². The average Bonchev–Trinajstić information content (AvgIpc) is 3.14. The molecule has 146 valence electrons. The van der Waals surface area contributed by atoms with Crippen LogP contribution in [0.25, 0.3) is 0 Å². The molecule has 27 heavy (non-hydrogen) atoms. The summed E-state index contributed by atoms with van der Waals surface area (Å²) in [5.41, 5.74) is 0.665. The third-order valence-corrected chi connectivity index (χ3v) is 4.86. The van der Waals surface area contributed by atoms with Crippen molar-refractivity contribution in [1.29, 1.82) is 0 Å². The highest BCUT2D eigenvalue weighted by Gasteiger charge is 2.07. The Labute approximate surface area is 164 Å². The van der Waals surface area contributed by atoms with Crippen molar-refractivity contribution in [1.82, 2.24) is 16.0 Å². The molecule has 1 atom stereocenters. The highest BCUT2D eigenvalue weighted by Crippen LogP contribution is 2.13. The lowest BCUT2D eigenvalue weighted by atomic mass is 10.1. The van der Waals surface area contributed by atoms with Crippen LogP contribution < -0.4 is 16.0 Å². The molecule has 0 spiro atoms. The first-order chi connectivity index (χ1) is 13.1. The molecule has 7 heteroatoms. The Balaban J connectivity index is 1.60. The number of carbonyl (C=O) groups is 1. The standard InChI is InChI=1S/C20H27FN4OS/c1-15(11-18-7-4-10-27-18)14-25-20(22-2)24-9-8-23-19(26)13-16-5-3-6-17(21)12-16/h3-7,10,12,15H,8-9,11,13-14H2,1-2H3,(H,23,26)(H2,22,24,25). The van der Waals surface area contributed by atoms with Crippen LogP contribution >= 0.6 is 11.3 Å². The van der Waals surface area contributed by atoms with E-state index in [4.69, 9.17) is 0 Å². The molecule has 0 saturated carbocycles.